The molecule has 25 heavy (non-hydrogen) atoms. The van der Waals surface area contributed by atoms with Crippen LogP contribution in [0.2, 0.25) is 0 Å². The predicted molar refractivity (Wildman–Crippen MR) is 92.2 cm³/mol. The highest BCUT2D eigenvalue weighted by Crippen LogP contribution is 2.23. The summed E-state index contributed by atoms with van der Waals surface area (Å²) in [6.45, 7) is 0. The van der Waals surface area contributed by atoms with Crippen LogP contribution in [0.3, 0.4) is 0 Å². The molecule has 0 unspecified atom stereocenters. The molecule has 0 aliphatic heterocycles. The van der Waals surface area contributed by atoms with Crippen LogP contribution < -0.4 is 5.32 Å². The average molecular weight is 335 g/mol. The third-order valence-corrected chi connectivity index (χ3v) is 3.95. The summed E-state index contributed by atoms with van der Waals surface area (Å²) in [5.41, 5.74) is 1.39. The van der Waals surface area contributed by atoms with Crippen molar-refractivity contribution in [3.8, 4) is 5.69 Å². The smallest absolute Gasteiger partial charge is 0.256 e. The number of para-hydroxylation sites is 1. The van der Waals surface area contributed by atoms with Gasteiger partial charge in [-0.2, -0.15) is 10.2 Å². The van der Waals surface area contributed by atoms with Gasteiger partial charge in [-0.05, 0) is 36.4 Å². The zero-order valence-corrected chi connectivity index (χ0v) is 13.3. The number of halogens is 1. The number of carbonyl (C=O) groups is 1. The highest BCUT2D eigenvalue weighted by atomic mass is 19.1. The number of aromatic nitrogens is 4. The van der Waals surface area contributed by atoms with Crippen molar-refractivity contribution in [3.05, 3.63) is 72.3 Å². The first-order valence-electron chi connectivity index (χ1n) is 7.66. The molecule has 4 aromatic rings. The van der Waals surface area contributed by atoms with Crippen molar-refractivity contribution in [1.82, 2.24) is 19.6 Å². The fourth-order valence-corrected chi connectivity index (χ4v) is 2.73. The van der Waals surface area contributed by atoms with Crippen LogP contribution in [0.5, 0.6) is 0 Å². The van der Waals surface area contributed by atoms with Crippen LogP contribution >= 0.6 is 0 Å². The largest absolute Gasteiger partial charge is 0.305 e. The van der Waals surface area contributed by atoms with E-state index in [0.29, 0.717) is 5.82 Å². The summed E-state index contributed by atoms with van der Waals surface area (Å²) in [7, 11) is 1.80. The lowest BCUT2D eigenvalue weighted by atomic mass is 10.1. The molecule has 0 aliphatic carbocycles. The van der Waals surface area contributed by atoms with Gasteiger partial charge in [-0.15, -0.1) is 0 Å². The van der Waals surface area contributed by atoms with E-state index in [9.17, 15) is 9.18 Å². The van der Waals surface area contributed by atoms with Crippen molar-refractivity contribution in [1.29, 1.82) is 0 Å². The first-order chi connectivity index (χ1) is 12.1. The molecular formula is C18H14FN5O. The number of hydrogen-bond acceptors (Lipinski definition) is 3. The summed E-state index contributed by atoms with van der Waals surface area (Å²) in [6, 6.07) is 13.5. The number of rotatable bonds is 3. The van der Waals surface area contributed by atoms with Crippen LogP contribution in [0.1, 0.15) is 10.4 Å². The quantitative estimate of drug-likeness (QED) is 0.625. The average Bonchev–Trinajstić information content (AvgIpc) is 3.24. The lowest BCUT2D eigenvalue weighted by molar-refractivity contribution is 0.102. The molecule has 1 N–H and O–H groups in total. The van der Waals surface area contributed by atoms with E-state index >= 15 is 0 Å². The van der Waals surface area contributed by atoms with Crippen molar-refractivity contribution in [2.75, 3.05) is 5.32 Å². The molecular weight excluding hydrogens is 321 g/mol. The number of amides is 1. The predicted octanol–water partition coefficient (Wildman–Crippen LogP) is 3.15. The molecule has 0 bridgehead atoms. The molecule has 1 amide bonds. The molecule has 0 radical (unpaired) electrons. The second kappa shape index (κ2) is 5.86. The zero-order valence-electron chi connectivity index (χ0n) is 13.3. The van der Waals surface area contributed by atoms with Crippen molar-refractivity contribution < 1.29 is 9.18 Å². The summed E-state index contributed by atoms with van der Waals surface area (Å²) in [6.07, 6.45) is 3.20. The van der Waals surface area contributed by atoms with Gasteiger partial charge in [-0.3, -0.25) is 9.48 Å². The lowest BCUT2D eigenvalue weighted by Crippen LogP contribution is -2.13. The first kappa shape index (κ1) is 15.1. The second-order valence-electron chi connectivity index (χ2n) is 5.56. The third kappa shape index (κ3) is 2.65. The Morgan fingerprint density at radius 3 is 2.76 bits per heavy atom. The minimum atomic E-state index is -0.526. The maximum absolute atomic E-state index is 14.3. The molecule has 0 saturated heterocycles. The van der Waals surface area contributed by atoms with Gasteiger partial charge in [0.2, 0.25) is 0 Å². The number of carbonyl (C=O) groups excluding carboxylic acids is 1. The summed E-state index contributed by atoms with van der Waals surface area (Å²) >= 11 is 0. The van der Waals surface area contributed by atoms with E-state index < -0.39 is 11.7 Å². The van der Waals surface area contributed by atoms with Gasteiger partial charge >= 0.3 is 0 Å². The van der Waals surface area contributed by atoms with Crippen LogP contribution in [0.25, 0.3) is 16.6 Å². The van der Waals surface area contributed by atoms with Crippen molar-refractivity contribution in [3.63, 3.8) is 0 Å². The second-order valence-corrected chi connectivity index (χ2v) is 5.56. The maximum atomic E-state index is 14.3. The van der Waals surface area contributed by atoms with Gasteiger partial charge in [0.15, 0.2) is 5.82 Å². The van der Waals surface area contributed by atoms with Crippen LogP contribution in [-0.2, 0) is 7.05 Å². The van der Waals surface area contributed by atoms with Crippen LogP contribution in [0, 0.1) is 5.82 Å². The summed E-state index contributed by atoms with van der Waals surface area (Å²) in [5, 5.41) is 11.9. The molecule has 0 atom stereocenters. The molecule has 2 heterocycles. The number of nitrogens with one attached hydrogen (secondary N) is 1. The minimum Gasteiger partial charge on any atom is -0.305 e. The van der Waals surface area contributed by atoms with E-state index in [1.165, 1.54) is 16.8 Å². The minimum absolute atomic E-state index is 0.211. The molecule has 7 heteroatoms. The number of aryl methyl sites for hydroxylation is 1. The number of benzene rings is 2. The van der Waals surface area contributed by atoms with Gasteiger partial charge in [0.05, 0.1) is 5.52 Å². The molecule has 6 nitrogen and oxygen atoms in total. The highest BCUT2D eigenvalue weighted by Gasteiger charge is 2.15. The van der Waals surface area contributed by atoms with E-state index in [-0.39, 0.29) is 11.3 Å². The molecule has 0 saturated carbocycles. The molecule has 0 aliphatic rings. The fourth-order valence-electron chi connectivity index (χ4n) is 2.73. The van der Waals surface area contributed by atoms with Gasteiger partial charge in [0.25, 0.3) is 5.91 Å². The molecule has 2 aromatic heterocycles. The Morgan fingerprint density at radius 1 is 1.16 bits per heavy atom. The first-order valence-corrected chi connectivity index (χ1v) is 7.66. The SMILES string of the molecule is Cn1nc(NC(=O)c2ccc(-n3cccn3)c(F)c2)c2ccccc21. The van der Waals surface area contributed by atoms with Crippen molar-refractivity contribution in [2.45, 2.75) is 0 Å². The van der Waals surface area contributed by atoms with Gasteiger partial charge < -0.3 is 5.32 Å². The Morgan fingerprint density at radius 2 is 2.00 bits per heavy atom. The Labute approximate surface area is 142 Å². The maximum Gasteiger partial charge on any atom is 0.256 e. The molecule has 4 rings (SSSR count). The molecule has 0 spiro atoms. The van der Waals surface area contributed by atoms with E-state index in [1.807, 2.05) is 24.3 Å². The normalized spacial score (nSPS) is 11.0. The van der Waals surface area contributed by atoms with Gasteiger partial charge in [0.1, 0.15) is 11.5 Å². The van der Waals surface area contributed by atoms with Gasteiger partial charge in [0, 0.05) is 30.4 Å². The number of anilines is 1. The number of fused-ring (bicyclic) bond motifs is 1. The monoisotopic (exact) mass is 335 g/mol. The Kier molecular flexibility index (Phi) is 3.53. The van der Waals surface area contributed by atoms with Crippen LogP contribution in [0.4, 0.5) is 10.2 Å². The molecule has 2 aromatic carbocycles. The fraction of sp³-hybridized carbons (Fsp3) is 0.0556. The standard InChI is InChI=1S/C18H14FN5O/c1-23-15-6-3-2-5-13(15)17(22-23)21-18(25)12-7-8-16(14(19)11-12)24-10-4-9-20-24/h2-11H,1H3,(H,21,22,25). The van der Waals surface area contributed by atoms with Crippen molar-refractivity contribution in [2.24, 2.45) is 7.05 Å². The zero-order chi connectivity index (χ0) is 17.4. The molecule has 0 fully saturated rings. The Balaban J connectivity index is 1.64. The van der Waals surface area contributed by atoms with Crippen LogP contribution in [0.15, 0.2) is 60.9 Å². The lowest BCUT2D eigenvalue weighted by Gasteiger charge is -2.06. The van der Waals surface area contributed by atoms with Gasteiger partial charge in [-0.1, -0.05) is 12.1 Å². The Bertz CT molecular complexity index is 1070. The highest BCUT2D eigenvalue weighted by molar-refractivity contribution is 6.08. The third-order valence-electron chi connectivity index (χ3n) is 3.95. The van der Waals surface area contributed by atoms with E-state index in [1.54, 1.807) is 36.3 Å². The van der Waals surface area contributed by atoms with Crippen LogP contribution in [-0.4, -0.2) is 25.5 Å². The van der Waals surface area contributed by atoms with Crippen molar-refractivity contribution >= 4 is 22.6 Å². The van der Waals surface area contributed by atoms with Gasteiger partial charge in [-0.25, -0.2) is 9.07 Å². The summed E-state index contributed by atoms with van der Waals surface area (Å²) in [5.74, 6) is -0.503. The summed E-state index contributed by atoms with van der Waals surface area (Å²) in [4.78, 5) is 12.5. The van der Waals surface area contributed by atoms with E-state index in [0.717, 1.165) is 10.9 Å². The Hall–Kier alpha value is -3.48. The number of nitrogens with zero attached hydrogens (tertiary/aromatic N) is 4. The summed E-state index contributed by atoms with van der Waals surface area (Å²) < 4.78 is 17.4. The van der Waals surface area contributed by atoms with E-state index in [2.05, 4.69) is 15.5 Å². The molecule has 124 valence electrons. The van der Waals surface area contributed by atoms with E-state index in [4.69, 9.17) is 0 Å². The number of hydrogen-bond donors (Lipinski definition) is 1. The topological polar surface area (TPSA) is 64.7 Å².